The number of nitrogens with zero attached hydrogens (tertiary/aromatic N) is 2. The summed E-state index contributed by atoms with van der Waals surface area (Å²) in [7, 11) is 1.61. The predicted octanol–water partition coefficient (Wildman–Crippen LogP) is 5.15. The van der Waals surface area contributed by atoms with Gasteiger partial charge in [0, 0.05) is 17.7 Å². The first-order valence-electron chi connectivity index (χ1n) is 11.4. The zero-order valence-corrected chi connectivity index (χ0v) is 19.9. The van der Waals surface area contributed by atoms with Crippen LogP contribution in [0.4, 0.5) is 0 Å². The molecule has 7 heteroatoms. The number of methoxy groups -OCH3 is 1. The Morgan fingerprint density at radius 1 is 1.15 bits per heavy atom. The number of amides is 1. The molecule has 1 aliphatic rings. The van der Waals surface area contributed by atoms with Crippen LogP contribution in [0.3, 0.4) is 0 Å². The first kappa shape index (κ1) is 22.7. The molecule has 0 bridgehead atoms. The number of benzene rings is 2. The number of carbonyl (C=O) groups excluding carboxylic acids is 1. The van der Waals surface area contributed by atoms with Gasteiger partial charge in [-0.1, -0.05) is 25.5 Å². The Labute approximate surface area is 194 Å². The SMILES string of the molecule is CCCCN1C(=O)c2[nH]nc(-c3c(C)cc(C)cc3O)c2C1c1ccc(OCC)c(OC)c1. The van der Waals surface area contributed by atoms with E-state index in [-0.39, 0.29) is 17.7 Å². The number of carbonyl (C=O) groups is 1. The largest absolute Gasteiger partial charge is 0.507 e. The molecule has 0 aliphatic carbocycles. The monoisotopic (exact) mass is 449 g/mol. The van der Waals surface area contributed by atoms with Crippen LogP contribution >= 0.6 is 0 Å². The minimum Gasteiger partial charge on any atom is -0.507 e. The van der Waals surface area contributed by atoms with Crippen molar-refractivity contribution in [3.8, 4) is 28.5 Å². The molecule has 1 amide bonds. The van der Waals surface area contributed by atoms with E-state index in [1.165, 1.54) is 0 Å². The quantitative estimate of drug-likeness (QED) is 0.496. The van der Waals surface area contributed by atoms with Crippen molar-refractivity contribution in [1.29, 1.82) is 0 Å². The van der Waals surface area contributed by atoms with Gasteiger partial charge in [0.15, 0.2) is 11.5 Å². The van der Waals surface area contributed by atoms with Gasteiger partial charge in [-0.3, -0.25) is 9.89 Å². The summed E-state index contributed by atoms with van der Waals surface area (Å²) in [5, 5.41) is 18.3. The van der Waals surface area contributed by atoms with Crippen LogP contribution in [0.15, 0.2) is 30.3 Å². The number of aryl methyl sites for hydroxylation is 2. The van der Waals surface area contributed by atoms with Crippen LogP contribution in [0.5, 0.6) is 17.2 Å². The molecule has 2 heterocycles. The van der Waals surface area contributed by atoms with E-state index in [0.29, 0.717) is 41.6 Å². The highest BCUT2D eigenvalue weighted by molar-refractivity contribution is 6.00. The first-order valence-corrected chi connectivity index (χ1v) is 11.4. The lowest BCUT2D eigenvalue weighted by Crippen LogP contribution is -2.30. The van der Waals surface area contributed by atoms with Crippen molar-refractivity contribution in [3.63, 3.8) is 0 Å². The van der Waals surface area contributed by atoms with Gasteiger partial charge < -0.3 is 19.5 Å². The lowest BCUT2D eigenvalue weighted by molar-refractivity contribution is 0.0741. The summed E-state index contributed by atoms with van der Waals surface area (Å²) in [5.41, 5.74) is 5.28. The molecule has 1 aromatic heterocycles. The van der Waals surface area contributed by atoms with E-state index in [2.05, 4.69) is 17.1 Å². The molecule has 1 unspecified atom stereocenters. The van der Waals surface area contributed by atoms with Crippen LogP contribution in [-0.2, 0) is 0 Å². The summed E-state index contributed by atoms with van der Waals surface area (Å²) in [6, 6.07) is 9.17. The maximum Gasteiger partial charge on any atom is 0.273 e. The molecule has 4 rings (SSSR count). The standard InChI is InChI=1S/C26H31N3O4/c1-6-8-11-29-25(17-9-10-19(33-7-2)20(14-17)32-5)22-23(27-28-24(22)26(29)31)21-16(4)12-15(3)13-18(21)30/h9-10,12-14,25,30H,6-8,11H2,1-5H3,(H,27,28). The topological polar surface area (TPSA) is 87.7 Å². The van der Waals surface area contributed by atoms with E-state index in [1.807, 2.05) is 49.9 Å². The number of hydrogen-bond acceptors (Lipinski definition) is 5. The lowest BCUT2D eigenvalue weighted by atomic mass is 9.93. The van der Waals surface area contributed by atoms with E-state index in [0.717, 1.165) is 35.1 Å². The molecular weight excluding hydrogens is 418 g/mol. The number of phenols is 1. The minimum atomic E-state index is -0.350. The smallest absolute Gasteiger partial charge is 0.273 e. The second-order valence-corrected chi connectivity index (χ2v) is 8.43. The van der Waals surface area contributed by atoms with Gasteiger partial charge in [-0.15, -0.1) is 0 Å². The van der Waals surface area contributed by atoms with Gasteiger partial charge in [-0.05, 0) is 62.1 Å². The fourth-order valence-electron chi connectivity index (χ4n) is 4.68. The molecule has 7 nitrogen and oxygen atoms in total. The van der Waals surface area contributed by atoms with Crippen LogP contribution < -0.4 is 9.47 Å². The Kier molecular flexibility index (Phi) is 6.31. The van der Waals surface area contributed by atoms with E-state index in [1.54, 1.807) is 13.2 Å². The van der Waals surface area contributed by atoms with Crippen LogP contribution in [0.1, 0.15) is 65.5 Å². The Bertz CT molecular complexity index is 1160. The molecular formula is C26H31N3O4. The number of H-pyrrole nitrogens is 1. The van der Waals surface area contributed by atoms with Gasteiger partial charge >= 0.3 is 0 Å². The molecule has 3 aromatic rings. The number of nitrogens with one attached hydrogen (secondary N) is 1. The molecule has 1 atom stereocenters. The number of hydrogen-bond donors (Lipinski definition) is 2. The molecule has 33 heavy (non-hydrogen) atoms. The van der Waals surface area contributed by atoms with Crippen molar-refractivity contribution in [2.24, 2.45) is 0 Å². The van der Waals surface area contributed by atoms with Crippen molar-refractivity contribution >= 4 is 5.91 Å². The molecule has 0 radical (unpaired) electrons. The summed E-state index contributed by atoms with van der Waals surface area (Å²) in [4.78, 5) is 15.3. The number of aromatic nitrogens is 2. The second kappa shape index (κ2) is 9.17. The van der Waals surface area contributed by atoms with E-state index < -0.39 is 0 Å². The van der Waals surface area contributed by atoms with Gasteiger partial charge in [0.1, 0.15) is 17.1 Å². The van der Waals surface area contributed by atoms with Crippen LogP contribution in [-0.4, -0.2) is 46.4 Å². The Balaban J connectivity index is 1.90. The summed E-state index contributed by atoms with van der Waals surface area (Å²) in [6.07, 6.45) is 1.86. The van der Waals surface area contributed by atoms with Crippen LogP contribution in [0.25, 0.3) is 11.3 Å². The van der Waals surface area contributed by atoms with Gasteiger partial charge in [-0.2, -0.15) is 5.10 Å². The summed E-state index contributed by atoms with van der Waals surface area (Å²) in [6.45, 7) is 9.07. The lowest BCUT2D eigenvalue weighted by Gasteiger charge is -2.27. The third-order valence-electron chi connectivity index (χ3n) is 6.12. The van der Waals surface area contributed by atoms with Gasteiger partial charge in [0.25, 0.3) is 5.91 Å². The van der Waals surface area contributed by atoms with Crippen LogP contribution in [0, 0.1) is 13.8 Å². The first-order chi connectivity index (χ1) is 15.9. The molecule has 0 saturated heterocycles. The number of ether oxygens (including phenoxy) is 2. The van der Waals surface area contributed by atoms with Gasteiger partial charge in [-0.25, -0.2) is 0 Å². The normalized spacial score (nSPS) is 15.1. The van der Waals surface area contributed by atoms with Crippen molar-refractivity contribution in [1.82, 2.24) is 15.1 Å². The summed E-state index contributed by atoms with van der Waals surface area (Å²) >= 11 is 0. The second-order valence-electron chi connectivity index (χ2n) is 8.43. The van der Waals surface area contributed by atoms with E-state index >= 15 is 0 Å². The Morgan fingerprint density at radius 2 is 1.94 bits per heavy atom. The fraction of sp³-hybridized carbons (Fsp3) is 0.385. The molecule has 0 saturated carbocycles. The number of unbranched alkanes of at least 4 members (excludes halogenated alkanes) is 1. The van der Waals surface area contributed by atoms with Gasteiger partial charge in [0.05, 0.1) is 19.8 Å². The highest BCUT2D eigenvalue weighted by Crippen LogP contribution is 2.46. The zero-order chi connectivity index (χ0) is 23.7. The Morgan fingerprint density at radius 3 is 2.61 bits per heavy atom. The minimum absolute atomic E-state index is 0.0840. The molecule has 0 fully saturated rings. The number of aromatic amines is 1. The van der Waals surface area contributed by atoms with Crippen molar-refractivity contribution in [2.75, 3.05) is 20.3 Å². The van der Waals surface area contributed by atoms with Crippen molar-refractivity contribution < 1.29 is 19.4 Å². The Hall–Kier alpha value is -3.48. The molecule has 0 spiro atoms. The van der Waals surface area contributed by atoms with Crippen molar-refractivity contribution in [3.05, 3.63) is 58.3 Å². The van der Waals surface area contributed by atoms with Crippen molar-refractivity contribution in [2.45, 2.75) is 46.6 Å². The number of aromatic hydroxyl groups is 1. The van der Waals surface area contributed by atoms with Gasteiger partial charge in [0.2, 0.25) is 0 Å². The maximum absolute atomic E-state index is 13.4. The molecule has 2 N–H and O–H groups in total. The maximum atomic E-state index is 13.4. The molecule has 2 aromatic carbocycles. The molecule has 174 valence electrons. The summed E-state index contributed by atoms with van der Waals surface area (Å²) < 4.78 is 11.3. The summed E-state index contributed by atoms with van der Waals surface area (Å²) in [5.74, 6) is 1.35. The van der Waals surface area contributed by atoms with E-state index in [4.69, 9.17) is 9.47 Å². The molecule has 1 aliphatic heterocycles. The highest BCUT2D eigenvalue weighted by atomic mass is 16.5. The number of phenolic OH excluding ortho intramolecular Hbond substituents is 1. The third-order valence-corrected chi connectivity index (χ3v) is 6.12. The van der Waals surface area contributed by atoms with E-state index in [9.17, 15) is 9.90 Å². The number of rotatable bonds is 8. The third kappa shape index (κ3) is 3.92. The fourth-order valence-corrected chi connectivity index (χ4v) is 4.68. The highest BCUT2D eigenvalue weighted by Gasteiger charge is 2.42. The average molecular weight is 450 g/mol. The van der Waals surface area contributed by atoms with Crippen LogP contribution in [0.2, 0.25) is 0 Å². The predicted molar refractivity (Wildman–Crippen MR) is 127 cm³/mol. The average Bonchev–Trinajstić information content (AvgIpc) is 3.31. The number of fused-ring (bicyclic) bond motifs is 1. The zero-order valence-electron chi connectivity index (χ0n) is 19.9.